The number of hydrogen-bond acceptors (Lipinski definition) is 7. The third-order valence-electron chi connectivity index (χ3n) is 9.19. The lowest BCUT2D eigenvalue weighted by Crippen LogP contribution is -2.45. The summed E-state index contributed by atoms with van der Waals surface area (Å²) < 4.78 is 13.8. The smallest absolute Gasteiger partial charge is 0.319 e. The number of anilines is 2. The van der Waals surface area contributed by atoms with E-state index in [4.69, 9.17) is 20.3 Å². The van der Waals surface area contributed by atoms with E-state index in [1.165, 1.54) is 14.0 Å². The normalized spacial score (nSPS) is 19.4. The molecule has 1 aliphatic carbocycles. The van der Waals surface area contributed by atoms with Gasteiger partial charge in [-0.2, -0.15) is 0 Å². The number of methoxy groups -OCH3 is 1. The highest BCUT2D eigenvalue weighted by molar-refractivity contribution is 5.97. The molecule has 2 unspecified atom stereocenters. The van der Waals surface area contributed by atoms with Gasteiger partial charge in [0.1, 0.15) is 23.2 Å². The number of likely N-dealkylation sites (tertiary alicyclic amines) is 1. The highest BCUT2D eigenvalue weighted by Crippen LogP contribution is 2.40. The van der Waals surface area contributed by atoms with Crippen LogP contribution in [-0.4, -0.2) is 53.0 Å². The molecule has 1 aliphatic heterocycles. The minimum Gasteiger partial charge on any atom is -0.492 e. The molecule has 2 heterocycles. The fraction of sp³-hybridized carbons (Fsp3) is 0.459. The molecule has 5 N–H and O–H groups in total. The van der Waals surface area contributed by atoms with Crippen LogP contribution < -0.4 is 30.9 Å². The molecular formula is C37H49N7O4. The highest BCUT2D eigenvalue weighted by atomic mass is 16.5. The molecule has 1 saturated heterocycles. The quantitative estimate of drug-likeness (QED) is 0.135. The number of fused-ring (bicyclic) bond motifs is 1. The van der Waals surface area contributed by atoms with Crippen LogP contribution in [0.1, 0.15) is 96.1 Å². The maximum absolute atomic E-state index is 13.5. The minimum absolute atomic E-state index is 0.0318. The average Bonchev–Trinajstić information content (AvgIpc) is 3.53. The van der Waals surface area contributed by atoms with Gasteiger partial charge in [-0.15, -0.1) is 0 Å². The SMILES string of the molecule is COc1c(NC(C)=O)cc(C(C)(C)C)cc1NC(=O)NC1CCC(Oc2ccc(=N)n(C(=N)[C@@H]3CCCN3C(C)C)c2)c2ccccc21. The number of pyridine rings is 1. The van der Waals surface area contributed by atoms with E-state index in [2.05, 4.69) is 55.5 Å². The highest BCUT2D eigenvalue weighted by Gasteiger charge is 2.32. The summed E-state index contributed by atoms with van der Waals surface area (Å²) in [7, 11) is 1.51. The molecule has 5 rings (SSSR count). The van der Waals surface area contributed by atoms with Gasteiger partial charge in [0, 0.05) is 13.0 Å². The Morgan fingerprint density at radius 2 is 1.67 bits per heavy atom. The third kappa shape index (κ3) is 7.57. The molecule has 3 amide bonds. The number of carbonyl (C=O) groups excluding carboxylic acids is 2. The predicted molar refractivity (Wildman–Crippen MR) is 188 cm³/mol. The van der Waals surface area contributed by atoms with Crippen molar-refractivity contribution in [3.8, 4) is 11.5 Å². The van der Waals surface area contributed by atoms with Gasteiger partial charge in [0.2, 0.25) is 5.91 Å². The van der Waals surface area contributed by atoms with Crippen molar-refractivity contribution >= 4 is 29.1 Å². The Morgan fingerprint density at radius 3 is 2.31 bits per heavy atom. The first kappa shape index (κ1) is 34.7. The van der Waals surface area contributed by atoms with Crippen LogP contribution in [-0.2, 0) is 10.2 Å². The Balaban J connectivity index is 1.34. The van der Waals surface area contributed by atoms with E-state index >= 15 is 0 Å². The van der Waals surface area contributed by atoms with E-state index in [1.54, 1.807) is 22.9 Å². The van der Waals surface area contributed by atoms with E-state index in [0.717, 1.165) is 36.1 Å². The summed E-state index contributed by atoms with van der Waals surface area (Å²) in [5.74, 6) is 1.12. The molecule has 1 aromatic heterocycles. The summed E-state index contributed by atoms with van der Waals surface area (Å²) in [6.45, 7) is 12.9. The minimum atomic E-state index is -0.389. The number of nitrogens with zero attached hydrogens (tertiary/aromatic N) is 2. The second-order valence-electron chi connectivity index (χ2n) is 14.0. The maximum atomic E-state index is 13.5. The summed E-state index contributed by atoms with van der Waals surface area (Å²) in [5.41, 5.74) is 3.84. The summed E-state index contributed by atoms with van der Waals surface area (Å²) >= 11 is 0. The van der Waals surface area contributed by atoms with Gasteiger partial charge in [0.05, 0.1) is 36.8 Å². The van der Waals surface area contributed by atoms with Crippen molar-refractivity contribution in [2.24, 2.45) is 0 Å². The van der Waals surface area contributed by atoms with Crippen molar-refractivity contribution in [3.63, 3.8) is 0 Å². The monoisotopic (exact) mass is 655 g/mol. The van der Waals surface area contributed by atoms with Gasteiger partial charge < -0.3 is 25.4 Å². The number of aromatic nitrogens is 1. The summed E-state index contributed by atoms with van der Waals surface area (Å²) in [6, 6.07) is 14.8. The van der Waals surface area contributed by atoms with Crippen molar-refractivity contribution in [2.75, 3.05) is 24.3 Å². The largest absolute Gasteiger partial charge is 0.492 e. The molecule has 256 valence electrons. The lowest BCUT2D eigenvalue weighted by Gasteiger charge is -2.33. The number of amides is 3. The van der Waals surface area contributed by atoms with Crippen molar-refractivity contribution in [3.05, 3.63) is 76.9 Å². The maximum Gasteiger partial charge on any atom is 0.319 e. The number of urea groups is 1. The molecule has 0 saturated carbocycles. The number of rotatable bonds is 8. The first-order valence-electron chi connectivity index (χ1n) is 16.7. The molecule has 0 spiro atoms. The number of nitrogens with one attached hydrogen (secondary N) is 5. The first-order valence-corrected chi connectivity index (χ1v) is 16.7. The molecule has 3 aromatic rings. The van der Waals surface area contributed by atoms with E-state index in [9.17, 15) is 9.59 Å². The topological polar surface area (TPSA) is 145 Å². The molecule has 2 aromatic carbocycles. The number of benzene rings is 2. The summed E-state index contributed by atoms with van der Waals surface area (Å²) in [5, 5.41) is 26.4. The molecule has 11 heteroatoms. The number of hydrogen-bond donors (Lipinski definition) is 5. The van der Waals surface area contributed by atoms with Crippen molar-refractivity contribution in [1.82, 2.24) is 14.8 Å². The fourth-order valence-electron chi connectivity index (χ4n) is 6.77. The Bertz CT molecular complexity index is 1740. The van der Waals surface area contributed by atoms with Crippen LogP contribution in [0.4, 0.5) is 16.2 Å². The lowest BCUT2D eigenvalue weighted by molar-refractivity contribution is -0.114. The lowest BCUT2D eigenvalue weighted by atomic mass is 9.85. The Hall–Kier alpha value is -4.64. The van der Waals surface area contributed by atoms with Crippen LogP contribution in [0.25, 0.3) is 0 Å². The van der Waals surface area contributed by atoms with Crippen molar-refractivity contribution in [2.45, 2.75) is 96.9 Å². The van der Waals surface area contributed by atoms with Crippen LogP contribution in [0.3, 0.4) is 0 Å². The van der Waals surface area contributed by atoms with Gasteiger partial charge in [-0.1, -0.05) is 45.0 Å². The van der Waals surface area contributed by atoms with Gasteiger partial charge in [0.15, 0.2) is 5.75 Å². The zero-order chi connectivity index (χ0) is 34.7. The van der Waals surface area contributed by atoms with Gasteiger partial charge in [0.25, 0.3) is 0 Å². The number of ether oxygens (including phenoxy) is 2. The predicted octanol–water partition coefficient (Wildman–Crippen LogP) is 6.71. The summed E-state index contributed by atoms with van der Waals surface area (Å²) in [4.78, 5) is 27.8. The molecule has 11 nitrogen and oxygen atoms in total. The summed E-state index contributed by atoms with van der Waals surface area (Å²) in [6.07, 6.45) is 4.73. The zero-order valence-corrected chi connectivity index (χ0v) is 29.1. The Labute approximate surface area is 283 Å². The molecule has 48 heavy (non-hydrogen) atoms. The van der Waals surface area contributed by atoms with E-state index < -0.39 is 0 Å². The van der Waals surface area contributed by atoms with Crippen LogP contribution in [0.2, 0.25) is 0 Å². The van der Waals surface area contributed by atoms with Crippen LogP contribution in [0, 0.1) is 10.8 Å². The number of carbonyl (C=O) groups is 2. The molecule has 2 aliphatic rings. The molecular weight excluding hydrogens is 606 g/mol. The standard InChI is InChI=1S/C37H49N7O4/c1-22(2)43-18-10-13-31(43)35(39)44-21-25(14-17-33(44)38)48-32-16-15-28(26-11-8-9-12-27(26)32)41-36(46)42-30-20-24(37(4,5)6)19-29(34(30)47-7)40-23(3)45/h8-9,11-12,14,17,19-22,28,31-32,38-39H,10,13,15-16,18H2,1-7H3,(H,40,45)(H2,41,42,46)/t28?,31-,32?/m0/s1. The van der Waals surface area contributed by atoms with Gasteiger partial charge >= 0.3 is 6.03 Å². The first-order chi connectivity index (χ1) is 22.8. The second-order valence-corrected chi connectivity index (χ2v) is 14.0. The molecule has 1 fully saturated rings. The van der Waals surface area contributed by atoms with Crippen molar-refractivity contribution < 1.29 is 19.1 Å². The molecule has 0 radical (unpaired) electrons. The van der Waals surface area contributed by atoms with Crippen LogP contribution in [0.5, 0.6) is 11.5 Å². The van der Waals surface area contributed by atoms with Crippen LogP contribution in [0.15, 0.2) is 54.7 Å². The zero-order valence-electron chi connectivity index (χ0n) is 29.1. The Morgan fingerprint density at radius 1 is 0.979 bits per heavy atom. The molecule has 0 bridgehead atoms. The van der Waals surface area contributed by atoms with E-state index in [1.807, 2.05) is 36.4 Å². The van der Waals surface area contributed by atoms with Gasteiger partial charge in [-0.25, -0.2) is 4.79 Å². The second kappa shape index (κ2) is 14.2. The fourth-order valence-corrected chi connectivity index (χ4v) is 6.77. The Kier molecular flexibility index (Phi) is 10.3. The third-order valence-corrected chi connectivity index (χ3v) is 9.19. The molecule has 3 atom stereocenters. The van der Waals surface area contributed by atoms with Crippen LogP contribution >= 0.6 is 0 Å². The van der Waals surface area contributed by atoms with Crippen molar-refractivity contribution in [1.29, 1.82) is 10.8 Å². The average molecular weight is 656 g/mol. The van der Waals surface area contributed by atoms with E-state index in [0.29, 0.717) is 47.6 Å². The van der Waals surface area contributed by atoms with Gasteiger partial charge in [-0.05, 0) is 92.4 Å². The van der Waals surface area contributed by atoms with E-state index in [-0.39, 0.29) is 41.0 Å². The van der Waals surface area contributed by atoms with Gasteiger partial charge in [-0.3, -0.25) is 25.1 Å².